The lowest BCUT2D eigenvalue weighted by atomic mass is 9.76. The van der Waals surface area contributed by atoms with Gasteiger partial charge in [0.25, 0.3) is 0 Å². The average molecular weight is 288 g/mol. The van der Waals surface area contributed by atoms with E-state index in [9.17, 15) is 4.79 Å². The zero-order valence-electron chi connectivity index (χ0n) is 13.3. The molecule has 0 bridgehead atoms. The number of amides is 1. The van der Waals surface area contributed by atoms with Crippen LogP contribution in [0.15, 0.2) is 24.3 Å². The van der Waals surface area contributed by atoms with Crippen LogP contribution in [0.1, 0.15) is 39.5 Å². The van der Waals surface area contributed by atoms with Gasteiger partial charge in [0.2, 0.25) is 5.91 Å². The molecule has 1 aromatic rings. The minimum absolute atomic E-state index is 0.113. The van der Waals surface area contributed by atoms with Crippen LogP contribution in [0.4, 0.5) is 5.69 Å². The van der Waals surface area contributed by atoms with Crippen molar-refractivity contribution >= 4 is 11.6 Å². The van der Waals surface area contributed by atoms with Gasteiger partial charge in [-0.15, -0.1) is 0 Å². The number of rotatable bonds is 5. The Kier molecular flexibility index (Phi) is 5.66. The number of nitrogens with one attached hydrogen (secondary N) is 1. The summed E-state index contributed by atoms with van der Waals surface area (Å²) in [5, 5.41) is 2.97. The van der Waals surface area contributed by atoms with Crippen molar-refractivity contribution in [2.75, 3.05) is 12.4 Å². The van der Waals surface area contributed by atoms with E-state index in [1.807, 2.05) is 24.3 Å². The molecule has 1 aliphatic carbocycles. The third kappa shape index (κ3) is 4.76. The summed E-state index contributed by atoms with van der Waals surface area (Å²) in [6, 6.07) is 7.46. The molecule has 0 aromatic heterocycles. The SMILES string of the molecule is COc1ccc(NC(=O)CC2C[CH]C(C(C)C)CC2)cc1. The van der Waals surface area contributed by atoms with Crippen LogP contribution in [0.2, 0.25) is 0 Å². The molecule has 3 nitrogen and oxygen atoms in total. The molecule has 1 fully saturated rings. The Morgan fingerprint density at radius 2 is 2.00 bits per heavy atom. The predicted octanol–water partition coefficient (Wildman–Crippen LogP) is 4.30. The van der Waals surface area contributed by atoms with E-state index < -0.39 is 0 Å². The summed E-state index contributed by atoms with van der Waals surface area (Å²) in [6.07, 6.45) is 6.49. The van der Waals surface area contributed by atoms with Crippen molar-refractivity contribution in [3.8, 4) is 5.75 Å². The third-order valence-electron chi connectivity index (χ3n) is 4.38. The fraction of sp³-hybridized carbons (Fsp3) is 0.556. The number of carbonyl (C=O) groups excluding carboxylic acids is 1. The summed E-state index contributed by atoms with van der Waals surface area (Å²) >= 11 is 0. The third-order valence-corrected chi connectivity index (χ3v) is 4.38. The summed E-state index contributed by atoms with van der Waals surface area (Å²) in [4.78, 5) is 12.1. The molecule has 2 atom stereocenters. The number of hydrogen-bond donors (Lipinski definition) is 1. The summed E-state index contributed by atoms with van der Waals surface area (Å²) in [6.45, 7) is 4.55. The second-order valence-corrected chi connectivity index (χ2v) is 6.30. The lowest BCUT2D eigenvalue weighted by Crippen LogP contribution is -2.23. The van der Waals surface area contributed by atoms with Gasteiger partial charge in [-0.2, -0.15) is 0 Å². The average Bonchev–Trinajstić information content (AvgIpc) is 2.48. The lowest BCUT2D eigenvalue weighted by Gasteiger charge is -2.30. The van der Waals surface area contributed by atoms with Gasteiger partial charge in [0.05, 0.1) is 7.11 Å². The van der Waals surface area contributed by atoms with Crippen LogP contribution in [-0.4, -0.2) is 13.0 Å². The normalized spacial score (nSPS) is 22.1. The zero-order chi connectivity index (χ0) is 15.2. The van der Waals surface area contributed by atoms with Crippen LogP contribution in [0.5, 0.6) is 5.75 Å². The van der Waals surface area contributed by atoms with E-state index in [4.69, 9.17) is 4.74 Å². The van der Waals surface area contributed by atoms with Gasteiger partial charge in [0.1, 0.15) is 5.75 Å². The van der Waals surface area contributed by atoms with Gasteiger partial charge in [-0.1, -0.05) is 13.8 Å². The molecule has 1 radical (unpaired) electrons. The fourth-order valence-corrected chi connectivity index (χ4v) is 2.97. The van der Waals surface area contributed by atoms with Crippen LogP contribution >= 0.6 is 0 Å². The molecule has 21 heavy (non-hydrogen) atoms. The Labute approximate surface area is 128 Å². The first-order valence-corrected chi connectivity index (χ1v) is 7.85. The second-order valence-electron chi connectivity index (χ2n) is 6.30. The number of hydrogen-bond acceptors (Lipinski definition) is 2. The van der Waals surface area contributed by atoms with E-state index >= 15 is 0 Å². The quantitative estimate of drug-likeness (QED) is 0.877. The standard InChI is InChI=1S/C18H26NO2/c1-13(2)15-6-4-14(5-7-15)12-18(20)19-16-8-10-17(21-3)11-9-16/h6,8-11,13-15H,4-5,7,12H2,1-3H3,(H,19,20). The van der Waals surface area contributed by atoms with E-state index in [1.54, 1.807) is 7.11 Å². The van der Waals surface area contributed by atoms with Crippen LogP contribution in [0, 0.1) is 24.2 Å². The molecule has 0 aliphatic heterocycles. The van der Waals surface area contributed by atoms with Crippen molar-refractivity contribution in [2.24, 2.45) is 17.8 Å². The minimum atomic E-state index is 0.113. The van der Waals surface area contributed by atoms with Crippen LogP contribution in [-0.2, 0) is 4.79 Å². The van der Waals surface area contributed by atoms with Gasteiger partial charge in [-0.05, 0) is 67.7 Å². The van der Waals surface area contributed by atoms with Crippen LogP contribution < -0.4 is 10.1 Å². The molecular formula is C18H26NO2. The van der Waals surface area contributed by atoms with E-state index in [1.165, 1.54) is 6.42 Å². The highest BCUT2D eigenvalue weighted by Crippen LogP contribution is 2.34. The van der Waals surface area contributed by atoms with Gasteiger partial charge in [-0.3, -0.25) is 4.79 Å². The zero-order valence-corrected chi connectivity index (χ0v) is 13.3. The van der Waals surface area contributed by atoms with Gasteiger partial charge >= 0.3 is 0 Å². The predicted molar refractivity (Wildman–Crippen MR) is 86.2 cm³/mol. The van der Waals surface area contributed by atoms with E-state index in [2.05, 4.69) is 25.6 Å². The molecule has 0 heterocycles. The number of benzene rings is 1. The molecule has 1 aromatic carbocycles. The number of anilines is 1. The van der Waals surface area contributed by atoms with Crippen LogP contribution in [0.25, 0.3) is 0 Å². The molecular weight excluding hydrogens is 262 g/mol. The van der Waals surface area contributed by atoms with Crippen molar-refractivity contribution < 1.29 is 9.53 Å². The highest BCUT2D eigenvalue weighted by Gasteiger charge is 2.24. The largest absolute Gasteiger partial charge is 0.497 e. The van der Waals surface area contributed by atoms with Crippen molar-refractivity contribution in [3.63, 3.8) is 0 Å². The minimum Gasteiger partial charge on any atom is -0.497 e. The van der Waals surface area contributed by atoms with Gasteiger partial charge < -0.3 is 10.1 Å². The molecule has 0 saturated heterocycles. The highest BCUT2D eigenvalue weighted by atomic mass is 16.5. The van der Waals surface area contributed by atoms with Crippen LogP contribution in [0.3, 0.4) is 0 Å². The van der Waals surface area contributed by atoms with Gasteiger partial charge in [0, 0.05) is 12.1 Å². The van der Waals surface area contributed by atoms with Gasteiger partial charge in [0.15, 0.2) is 0 Å². The molecule has 1 amide bonds. The maximum Gasteiger partial charge on any atom is 0.224 e. The summed E-state index contributed by atoms with van der Waals surface area (Å²) in [7, 11) is 1.64. The molecule has 1 saturated carbocycles. The van der Waals surface area contributed by atoms with Crippen molar-refractivity contribution in [1.82, 2.24) is 0 Å². The number of methoxy groups -OCH3 is 1. The Bertz CT molecular complexity index is 445. The Morgan fingerprint density at radius 1 is 1.29 bits per heavy atom. The molecule has 2 rings (SSSR count). The first-order chi connectivity index (χ1) is 10.1. The fourth-order valence-electron chi connectivity index (χ4n) is 2.97. The highest BCUT2D eigenvalue weighted by molar-refractivity contribution is 5.90. The second kappa shape index (κ2) is 7.48. The van der Waals surface area contributed by atoms with E-state index in [0.717, 1.165) is 36.1 Å². The Hall–Kier alpha value is -1.51. The molecule has 1 N–H and O–H groups in total. The van der Waals surface area contributed by atoms with E-state index in [-0.39, 0.29) is 5.91 Å². The Morgan fingerprint density at radius 3 is 2.52 bits per heavy atom. The summed E-state index contributed by atoms with van der Waals surface area (Å²) in [5.41, 5.74) is 0.834. The smallest absolute Gasteiger partial charge is 0.224 e. The molecule has 1 aliphatic rings. The van der Waals surface area contributed by atoms with Crippen molar-refractivity contribution in [1.29, 1.82) is 0 Å². The first kappa shape index (κ1) is 15.9. The number of carbonyl (C=O) groups is 1. The van der Waals surface area contributed by atoms with E-state index in [0.29, 0.717) is 12.3 Å². The molecule has 2 unspecified atom stereocenters. The summed E-state index contributed by atoms with van der Waals surface area (Å²) in [5.74, 6) is 2.86. The first-order valence-electron chi connectivity index (χ1n) is 7.85. The topological polar surface area (TPSA) is 38.3 Å². The number of ether oxygens (including phenoxy) is 1. The monoisotopic (exact) mass is 288 g/mol. The molecule has 0 spiro atoms. The van der Waals surface area contributed by atoms with Crippen molar-refractivity contribution in [3.05, 3.63) is 30.7 Å². The lowest BCUT2D eigenvalue weighted by molar-refractivity contribution is -0.117. The van der Waals surface area contributed by atoms with Crippen molar-refractivity contribution in [2.45, 2.75) is 39.5 Å². The Balaban J connectivity index is 1.77. The van der Waals surface area contributed by atoms with Gasteiger partial charge in [-0.25, -0.2) is 0 Å². The molecule has 115 valence electrons. The maximum atomic E-state index is 12.1. The molecule has 3 heteroatoms. The maximum absolute atomic E-state index is 12.1. The summed E-state index contributed by atoms with van der Waals surface area (Å²) < 4.78 is 5.11.